The third kappa shape index (κ3) is 5.69. The zero-order chi connectivity index (χ0) is 24.2. The largest absolute Gasteiger partial charge is 0.487 e. The molecule has 0 bridgehead atoms. The Balaban J connectivity index is 1.40. The van der Waals surface area contributed by atoms with E-state index in [0.29, 0.717) is 29.5 Å². The van der Waals surface area contributed by atoms with Gasteiger partial charge in [-0.15, -0.1) is 0 Å². The van der Waals surface area contributed by atoms with E-state index in [-0.39, 0.29) is 5.91 Å². The first kappa shape index (κ1) is 24.0. The Morgan fingerprint density at radius 2 is 1.68 bits per heavy atom. The van der Waals surface area contributed by atoms with E-state index in [1.807, 2.05) is 42.8 Å². The summed E-state index contributed by atoms with van der Waals surface area (Å²) in [6.07, 6.45) is 0. The summed E-state index contributed by atoms with van der Waals surface area (Å²) in [5, 5.41) is 8.19. The maximum absolute atomic E-state index is 12.9. The Morgan fingerprint density at radius 3 is 2.35 bits per heavy atom. The van der Waals surface area contributed by atoms with Crippen LogP contribution in [-0.4, -0.2) is 15.7 Å². The molecule has 3 aromatic carbocycles. The maximum atomic E-state index is 12.9. The van der Waals surface area contributed by atoms with Crippen LogP contribution in [0.2, 0.25) is 5.02 Å². The van der Waals surface area contributed by atoms with Crippen LogP contribution < -0.4 is 10.1 Å². The number of hydrogen-bond donors (Lipinski definition) is 1. The van der Waals surface area contributed by atoms with Gasteiger partial charge in [-0.1, -0.05) is 69.5 Å². The highest BCUT2D eigenvalue weighted by Gasteiger charge is 2.16. The van der Waals surface area contributed by atoms with Crippen molar-refractivity contribution < 1.29 is 9.53 Å². The molecule has 5 nitrogen and oxygen atoms in total. The molecule has 174 valence electrons. The SMILES string of the molecule is Cc1ccc(Cn2nc(C)c(NC(=O)c3ccc(COc4ccc(Br)cc4Cl)cc3)c2C)cc1. The molecule has 1 amide bonds. The average Bonchev–Trinajstić information content (AvgIpc) is 3.07. The second kappa shape index (κ2) is 10.5. The second-order valence-corrected chi connectivity index (χ2v) is 9.53. The molecule has 0 aliphatic rings. The summed E-state index contributed by atoms with van der Waals surface area (Å²) in [7, 11) is 0. The van der Waals surface area contributed by atoms with Gasteiger partial charge in [0.1, 0.15) is 12.4 Å². The number of hydrogen-bond acceptors (Lipinski definition) is 3. The first-order valence-electron chi connectivity index (χ1n) is 10.9. The lowest BCUT2D eigenvalue weighted by molar-refractivity contribution is 0.102. The van der Waals surface area contributed by atoms with Crippen LogP contribution in [0, 0.1) is 20.8 Å². The monoisotopic (exact) mass is 537 g/mol. The zero-order valence-electron chi connectivity index (χ0n) is 19.2. The predicted molar refractivity (Wildman–Crippen MR) is 140 cm³/mol. The van der Waals surface area contributed by atoms with Crippen LogP contribution in [0.25, 0.3) is 0 Å². The quantitative estimate of drug-likeness (QED) is 0.273. The van der Waals surface area contributed by atoms with Gasteiger partial charge in [-0.2, -0.15) is 5.10 Å². The van der Waals surface area contributed by atoms with Gasteiger partial charge in [-0.3, -0.25) is 9.48 Å². The third-order valence-corrected chi connectivity index (χ3v) is 6.37. The standard InChI is InChI=1S/C27H25BrClN3O2/c1-17-4-6-20(7-5-17)15-32-19(3)26(18(2)31-32)30-27(33)22-10-8-21(9-11-22)16-34-25-13-12-23(28)14-24(25)29/h4-14H,15-16H2,1-3H3,(H,30,33). The first-order valence-corrected chi connectivity index (χ1v) is 12.0. The van der Waals surface area contributed by atoms with Crippen molar-refractivity contribution in [3.63, 3.8) is 0 Å². The van der Waals surface area contributed by atoms with Crippen LogP contribution in [0.15, 0.2) is 71.2 Å². The lowest BCUT2D eigenvalue weighted by atomic mass is 10.1. The summed E-state index contributed by atoms with van der Waals surface area (Å²) < 4.78 is 8.61. The van der Waals surface area contributed by atoms with Gasteiger partial charge in [0.2, 0.25) is 0 Å². The number of aryl methyl sites for hydroxylation is 2. The van der Waals surface area contributed by atoms with Crippen molar-refractivity contribution in [3.05, 3.63) is 110 Å². The number of halogens is 2. The number of anilines is 1. The molecule has 0 saturated heterocycles. The minimum atomic E-state index is -0.176. The molecule has 0 spiro atoms. The van der Waals surface area contributed by atoms with E-state index in [1.165, 1.54) is 5.56 Å². The minimum Gasteiger partial charge on any atom is -0.487 e. The summed E-state index contributed by atoms with van der Waals surface area (Å²) >= 11 is 9.58. The molecule has 1 aromatic heterocycles. The molecule has 0 unspecified atom stereocenters. The van der Waals surface area contributed by atoms with Crippen molar-refractivity contribution >= 4 is 39.1 Å². The van der Waals surface area contributed by atoms with E-state index in [2.05, 4.69) is 57.5 Å². The van der Waals surface area contributed by atoms with Crippen molar-refractivity contribution in [2.45, 2.75) is 33.9 Å². The smallest absolute Gasteiger partial charge is 0.255 e. The van der Waals surface area contributed by atoms with Crippen LogP contribution in [0.4, 0.5) is 5.69 Å². The second-order valence-electron chi connectivity index (χ2n) is 8.20. The number of carbonyl (C=O) groups is 1. The molecular formula is C27H25BrClN3O2. The van der Waals surface area contributed by atoms with Crippen LogP contribution in [0.5, 0.6) is 5.75 Å². The van der Waals surface area contributed by atoms with Gasteiger partial charge in [0.05, 0.1) is 28.6 Å². The summed E-state index contributed by atoms with van der Waals surface area (Å²) in [6.45, 7) is 6.95. The number of ether oxygens (including phenoxy) is 1. The highest BCUT2D eigenvalue weighted by molar-refractivity contribution is 9.10. The topological polar surface area (TPSA) is 56.2 Å². The van der Waals surface area contributed by atoms with E-state index in [1.54, 1.807) is 18.2 Å². The molecule has 0 saturated carbocycles. The number of aromatic nitrogens is 2. The molecule has 0 fully saturated rings. The Bertz CT molecular complexity index is 1320. The zero-order valence-corrected chi connectivity index (χ0v) is 21.6. The summed E-state index contributed by atoms with van der Waals surface area (Å²) in [4.78, 5) is 12.9. The van der Waals surface area contributed by atoms with Gasteiger partial charge in [0, 0.05) is 10.0 Å². The van der Waals surface area contributed by atoms with Crippen molar-refractivity contribution in [2.24, 2.45) is 0 Å². The van der Waals surface area contributed by atoms with Crippen molar-refractivity contribution in [1.82, 2.24) is 9.78 Å². The van der Waals surface area contributed by atoms with Crippen LogP contribution in [0.3, 0.4) is 0 Å². The van der Waals surface area contributed by atoms with Gasteiger partial charge in [0.25, 0.3) is 5.91 Å². The highest BCUT2D eigenvalue weighted by atomic mass is 79.9. The fourth-order valence-electron chi connectivity index (χ4n) is 3.59. The normalized spacial score (nSPS) is 10.9. The van der Waals surface area contributed by atoms with Crippen molar-refractivity contribution in [1.29, 1.82) is 0 Å². The molecule has 4 aromatic rings. The molecule has 1 N–H and O–H groups in total. The molecule has 0 atom stereocenters. The maximum Gasteiger partial charge on any atom is 0.255 e. The number of carbonyl (C=O) groups excluding carboxylic acids is 1. The number of amides is 1. The summed E-state index contributed by atoms with van der Waals surface area (Å²) in [5.41, 5.74) is 6.34. The third-order valence-electron chi connectivity index (χ3n) is 5.58. The van der Waals surface area contributed by atoms with E-state index >= 15 is 0 Å². The molecular weight excluding hydrogens is 514 g/mol. The number of nitrogens with zero attached hydrogens (tertiary/aromatic N) is 2. The van der Waals surface area contributed by atoms with E-state index in [0.717, 1.165) is 32.7 Å². The molecule has 4 rings (SSSR count). The summed E-state index contributed by atoms with van der Waals surface area (Å²) in [5.74, 6) is 0.435. The van der Waals surface area contributed by atoms with Gasteiger partial charge in [0.15, 0.2) is 0 Å². The van der Waals surface area contributed by atoms with Crippen LogP contribution in [0.1, 0.15) is 38.4 Å². The fraction of sp³-hybridized carbons (Fsp3) is 0.185. The Labute approximate surface area is 212 Å². The van der Waals surface area contributed by atoms with Gasteiger partial charge >= 0.3 is 0 Å². The molecule has 0 radical (unpaired) electrons. The lowest BCUT2D eigenvalue weighted by Crippen LogP contribution is -2.13. The van der Waals surface area contributed by atoms with Gasteiger partial charge < -0.3 is 10.1 Å². The Kier molecular flexibility index (Phi) is 7.39. The van der Waals surface area contributed by atoms with Gasteiger partial charge in [-0.05, 0) is 62.2 Å². The lowest BCUT2D eigenvalue weighted by Gasteiger charge is -2.10. The molecule has 34 heavy (non-hydrogen) atoms. The summed E-state index contributed by atoms with van der Waals surface area (Å²) in [6, 6.07) is 21.2. The number of nitrogens with one attached hydrogen (secondary N) is 1. The van der Waals surface area contributed by atoms with Gasteiger partial charge in [-0.25, -0.2) is 0 Å². The number of rotatable bonds is 7. The van der Waals surface area contributed by atoms with Crippen LogP contribution >= 0.6 is 27.5 Å². The van der Waals surface area contributed by atoms with Crippen molar-refractivity contribution in [2.75, 3.05) is 5.32 Å². The fourth-order valence-corrected chi connectivity index (χ4v) is 4.32. The molecule has 1 heterocycles. The van der Waals surface area contributed by atoms with Crippen LogP contribution in [-0.2, 0) is 13.2 Å². The Morgan fingerprint density at radius 1 is 1.00 bits per heavy atom. The first-order chi connectivity index (χ1) is 16.3. The predicted octanol–water partition coefficient (Wildman–Crippen LogP) is 7.10. The van der Waals surface area contributed by atoms with Crippen molar-refractivity contribution in [3.8, 4) is 5.75 Å². The molecule has 0 aliphatic carbocycles. The highest BCUT2D eigenvalue weighted by Crippen LogP contribution is 2.28. The molecule has 0 aliphatic heterocycles. The minimum absolute atomic E-state index is 0.176. The van der Waals surface area contributed by atoms with E-state index in [4.69, 9.17) is 16.3 Å². The number of benzene rings is 3. The Hall–Kier alpha value is -3.09. The van der Waals surface area contributed by atoms with E-state index < -0.39 is 0 Å². The van der Waals surface area contributed by atoms with E-state index in [9.17, 15) is 4.79 Å². The average molecular weight is 539 g/mol. The molecule has 7 heteroatoms.